The summed E-state index contributed by atoms with van der Waals surface area (Å²) in [5, 5.41) is 5.91. The lowest BCUT2D eigenvalue weighted by Gasteiger charge is -2.18. The van der Waals surface area contributed by atoms with Crippen molar-refractivity contribution in [2.24, 2.45) is 0 Å². The van der Waals surface area contributed by atoms with Crippen molar-refractivity contribution in [3.8, 4) is 5.75 Å². The zero-order valence-electron chi connectivity index (χ0n) is 19.8. The Hall–Kier alpha value is -3.81. The van der Waals surface area contributed by atoms with Crippen molar-refractivity contribution in [2.75, 3.05) is 15.5 Å². The summed E-state index contributed by atoms with van der Waals surface area (Å²) in [6.45, 7) is 5.58. The zero-order valence-corrected chi connectivity index (χ0v) is 21.3. The maximum Gasteiger partial charge on any atom is 0.283 e. The largest absolute Gasteiger partial charge is 0.489 e. The highest BCUT2D eigenvalue weighted by Gasteiger charge is 2.39. The van der Waals surface area contributed by atoms with E-state index in [2.05, 4.69) is 10.6 Å². The number of carbonyl (C=O) groups is 3. The number of ether oxygens (including phenoxy) is 1. The van der Waals surface area contributed by atoms with Gasteiger partial charge >= 0.3 is 0 Å². The van der Waals surface area contributed by atoms with E-state index < -0.39 is 11.8 Å². The summed E-state index contributed by atoms with van der Waals surface area (Å²) >= 11 is 12.3. The highest BCUT2D eigenvalue weighted by molar-refractivity contribution is 6.53. The van der Waals surface area contributed by atoms with Gasteiger partial charge in [0, 0.05) is 16.3 Å². The third-order valence-corrected chi connectivity index (χ3v) is 5.94. The number of hydrogen-bond acceptors (Lipinski definition) is 5. The summed E-state index contributed by atoms with van der Waals surface area (Å²) in [4.78, 5) is 39.6. The van der Waals surface area contributed by atoms with Crippen molar-refractivity contribution in [3.63, 3.8) is 0 Å². The smallest absolute Gasteiger partial charge is 0.283 e. The number of hydrogen-bond donors (Lipinski definition) is 2. The predicted molar refractivity (Wildman–Crippen MR) is 142 cm³/mol. The van der Waals surface area contributed by atoms with E-state index in [0.29, 0.717) is 39.0 Å². The first-order valence-corrected chi connectivity index (χ1v) is 11.9. The van der Waals surface area contributed by atoms with Crippen LogP contribution in [0, 0.1) is 6.92 Å². The SMILES string of the molecule is Cc1ccc(Cl)cc1N1C(=O)C(Cl)=C(Nc2ccc(C(=O)Nc3ccccc3OC(C)C)cc2)C1=O. The van der Waals surface area contributed by atoms with Crippen molar-refractivity contribution in [1.29, 1.82) is 0 Å². The number of aryl methyl sites for hydroxylation is 1. The van der Waals surface area contributed by atoms with Crippen LogP contribution in [0.25, 0.3) is 0 Å². The van der Waals surface area contributed by atoms with Crippen LogP contribution in [0.3, 0.4) is 0 Å². The molecule has 0 saturated carbocycles. The monoisotopic (exact) mass is 523 g/mol. The Kier molecular flexibility index (Phi) is 7.33. The highest BCUT2D eigenvalue weighted by atomic mass is 35.5. The van der Waals surface area contributed by atoms with Crippen molar-refractivity contribution in [1.82, 2.24) is 0 Å². The second-order valence-electron chi connectivity index (χ2n) is 8.38. The fourth-order valence-corrected chi connectivity index (χ4v) is 4.00. The van der Waals surface area contributed by atoms with Gasteiger partial charge < -0.3 is 15.4 Å². The van der Waals surface area contributed by atoms with E-state index in [4.69, 9.17) is 27.9 Å². The van der Waals surface area contributed by atoms with Crippen molar-refractivity contribution in [2.45, 2.75) is 26.9 Å². The molecule has 7 nitrogen and oxygen atoms in total. The number of halogens is 2. The third-order valence-electron chi connectivity index (χ3n) is 5.35. The van der Waals surface area contributed by atoms with Crippen molar-refractivity contribution in [3.05, 3.63) is 93.6 Å². The Balaban J connectivity index is 1.49. The summed E-state index contributed by atoms with van der Waals surface area (Å²) in [6.07, 6.45) is -0.0431. The van der Waals surface area contributed by atoms with Crippen molar-refractivity contribution < 1.29 is 19.1 Å². The molecule has 0 aliphatic carbocycles. The molecule has 2 N–H and O–H groups in total. The lowest BCUT2D eigenvalue weighted by molar-refractivity contribution is -0.120. The number of imide groups is 1. The molecule has 0 aromatic heterocycles. The Labute approximate surface area is 218 Å². The molecule has 1 heterocycles. The predicted octanol–water partition coefficient (Wildman–Crippen LogP) is 6.12. The Morgan fingerprint density at radius 3 is 2.33 bits per heavy atom. The minimum absolute atomic E-state index is 0.0431. The average molecular weight is 524 g/mol. The molecule has 3 amide bonds. The van der Waals surface area contributed by atoms with Crippen LogP contribution in [0.5, 0.6) is 5.75 Å². The number of para-hydroxylation sites is 2. The summed E-state index contributed by atoms with van der Waals surface area (Å²) in [7, 11) is 0. The molecular weight excluding hydrogens is 501 g/mol. The van der Waals surface area contributed by atoms with E-state index in [1.807, 2.05) is 19.9 Å². The summed E-state index contributed by atoms with van der Waals surface area (Å²) in [5.41, 5.74) is 2.43. The molecule has 1 aliphatic rings. The lowest BCUT2D eigenvalue weighted by Crippen LogP contribution is -2.32. The maximum absolute atomic E-state index is 13.1. The van der Waals surface area contributed by atoms with Gasteiger partial charge in [0.15, 0.2) is 0 Å². The quantitative estimate of drug-likeness (QED) is 0.364. The number of nitrogens with zero attached hydrogens (tertiary/aromatic N) is 1. The van der Waals surface area contributed by atoms with Crippen LogP contribution in [-0.2, 0) is 9.59 Å². The van der Waals surface area contributed by atoms with Gasteiger partial charge in [-0.25, -0.2) is 4.90 Å². The van der Waals surface area contributed by atoms with Crippen LogP contribution in [0.2, 0.25) is 5.02 Å². The summed E-state index contributed by atoms with van der Waals surface area (Å²) < 4.78 is 5.75. The molecule has 0 spiro atoms. The van der Waals surface area contributed by atoms with Gasteiger partial charge in [-0.15, -0.1) is 0 Å². The Morgan fingerprint density at radius 2 is 1.64 bits per heavy atom. The highest BCUT2D eigenvalue weighted by Crippen LogP contribution is 2.33. The number of anilines is 3. The van der Waals surface area contributed by atoms with Gasteiger partial charge in [0.05, 0.1) is 17.5 Å². The molecule has 0 saturated heterocycles. The molecule has 3 aromatic rings. The van der Waals surface area contributed by atoms with E-state index in [0.717, 1.165) is 4.90 Å². The molecule has 1 aliphatic heterocycles. The van der Waals surface area contributed by atoms with Crippen LogP contribution < -0.4 is 20.3 Å². The second-order valence-corrected chi connectivity index (χ2v) is 9.20. The average Bonchev–Trinajstić information content (AvgIpc) is 3.05. The van der Waals surface area contributed by atoms with Gasteiger partial charge in [0.2, 0.25) is 0 Å². The Bertz CT molecular complexity index is 1380. The Morgan fingerprint density at radius 1 is 0.944 bits per heavy atom. The second kappa shape index (κ2) is 10.4. The van der Waals surface area contributed by atoms with Crippen LogP contribution in [0.4, 0.5) is 17.1 Å². The summed E-state index contributed by atoms with van der Waals surface area (Å²) in [6, 6.07) is 18.5. The molecule has 9 heteroatoms. The van der Waals surface area contributed by atoms with E-state index >= 15 is 0 Å². The minimum atomic E-state index is -0.646. The van der Waals surface area contributed by atoms with Crippen LogP contribution in [0.1, 0.15) is 29.8 Å². The van der Waals surface area contributed by atoms with Gasteiger partial charge in [-0.1, -0.05) is 41.4 Å². The fourth-order valence-electron chi connectivity index (χ4n) is 3.62. The molecule has 0 radical (unpaired) electrons. The van der Waals surface area contributed by atoms with Crippen LogP contribution in [0.15, 0.2) is 77.5 Å². The normalized spacial score (nSPS) is 13.4. The number of carbonyl (C=O) groups excluding carboxylic acids is 3. The van der Waals surface area contributed by atoms with E-state index in [1.54, 1.807) is 61.5 Å². The van der Waals surface area contributed by atoms with Crippen LogP contribution >= 0.6 is 23.2 Å². The molecule has 0 fully saturated rings. The molecule has 3 aromatic carbocycles. The topological polar surface area (TPSA) is 87.7 Å². The summed E-state index contributed by atoms with van der Waals surface area (Å²) in [5.74, 6) is -0.996. The van der Waals surface area contributed by atoms with Gasteiger partial charge in [0.1, 0.15) is 16.5 Å². The fraction of sp³-hybridized carbons (Fsp3) is 0.148. The first-order chi connectivity index (χ1) is 17.2. The number of benzene rings is 3. The zero-order chi connectivity index (χ0) is 26.0. The number of rotatable bonds is 7. The van der Waals surface area contributed by atoms with Gasteiger partial charge in [-0.05, 0) is 74.9 Å². The first-order valence-electron chi connectivity index (χ1n) is 11.1. The van der Waals surface area contributed by atoms with Gasteiger partial charge in [-0.2, -0.15) is 0 Å². The number of nitrogens with one attached hydrogen (secondary N) is 2. The maximum atomic E-state index is 13.1. The van der Waals surface area contributed by atoms with E-state index in [1.165, 1.54) is 6.07 Å². The van der Waals surface area contributed by atoms with Crippen LogP contribution in [-0.4, -0.2) is 23.8 Å². The molecule has 4 rings (SSSR count). The standard InChI is InChI=1S/C27H23Cl2N3O4/c1-15(2)36-22-7-5-4-6-20(22)31-25(33)17-9-12-19(13-10-17)30-24-23(29)26(34)32(27(24)35)21-14-18(28)11-8-16(21)3/h4-15,30H,1-3H3,(H,31,33). The molecular formula is C27H23Cl2N3O4. The first kappa shape index (κ1) is 25.3. The number of amides is 3. The molecule has 36 heavy (non-hydrogen) atoms. The molecule has 0 atom stereocenters. The lowest BCUT2D eigenvalue weighted by atomic mass is 10.1. The molecule has 184 valence electrons. The van der Waals surface area contributed by atoms with E-state index in [9.17, 15) is 14.4 Å². The molecule has 0 unspecified atom stereocenters. The van der Waals surface area contributed by atoms with Gasteiger partial charge in [-0.3, -0.25) is 14.4 Å². The third kappa shape index (κ3) is 5.22. The van der Waals surface area contributed by atoms with Gasteiger partial charge in [0.25, 0.3) is 17.7 Å². The minimum Gasteiger partial charge on any atom is -0.489 e. The molecule has 0 bridgehead atoms. The van der Waals surface area contributed by atoms with E-state index in [-0.39, 0.29) is 22.7 Å². The van der Waals surface area contributed by atoms with Crippen molar-refractivity contribution >= 4 is 58.0 Å².